The van der Waals surface area contributed by atoms with Gasteiger partial charge in [0, 0.05) is 20.8 Å². The first kappa shape index (κ1) is 17.5. The molecule has 0 bridgehead atoms. The van der Waals surface area contributed by atoms with Crippen LogP contribution in [0.4, 0.5) is 0 Å². The molecule has 0 fully saturated rings. The van der Waals surface area contributed by atoms with Gasteiger partial charge < -0.3 is 10.2 Å². The van der Waals surface area contributed by atoms with Crippen molar-refractivity contribution in [1.29, 1.82) is 0 Å². The molecule has 0 saturated carbocycles. The van der Waals surface area contributed by atoms with Crippen LogP contribution in [0.2, 0.25) is 0 Å². The van der Waals surface area contributed by atoms with Gasteiger partial charge in [0.15, 0.2) is 0 Å². The molecule has 6 heteroatoms. The number of amides is 1. The number of rotatable bonds is 7. The molecule has 1 amide bonds. The van der Waals surface area contributed by atoms with Crippen molar-refractivity contribution >= 4 is 44.9 Å². The van der Waals surface area contributed by atoms with E-state index in [-0.39, 0.29) is 11.9 Å². The van der Waals surface area contributed by atoms with Gasteiger partial charge in [-0.2, -0.15) is 0 Å². The first-order valence-corrected chi connectivity index (χ1v) is 9.57. The molecule has 0 aliphatic carbocycles. The van der Waals surface area contributed by atoms with Gasteiger partial charge in [-0.25, -0.2) is 0 Å². The first-order chi connectivity index (χ1) is 10.6. The summed E-state index contributed by atoms with van der Waals surface area (Å²) in [4.78, 5) is 16.5. The Morgan fingerprint density at radius 3 is 2.64 bits per heavy atom. The van der Waals surface area contributed by atoms with E-state index in [1.807, 2.05) is 44.4 Å². The second kappa shape index (κ2) is 8.72. The van der Waals surface area contributed by atoms with E-state index in [4.69, 9.17) is 0 Å². The maximum absolute atomic E-state index is 12.0. The molecule has 1 atom stereocenters. The molecule has 2 rings (SSSR count). The summed E-state index contributed by atoms with van der Waals surface area (Å²) in [5, 5.41) is 5.10. The maximum atomic E-state index is 12.0. The molecule has 118 valence electrons. The van der Waals surface area contributed by atoms with E-state index in [0.29, 0.717) is 12.3 Å². The predicted molar refractivity (Wildman–Crippen MR) is 98.6 cm³/mol. The van der Waals surface area contributed by atoms with E-state index in [0.717, 1.165) is 9.37 Å². The highest BCUT2D eigenvalue weighted by molar-refractivity contribution is 9.10. The van der Waals surface area contributed by atoms with Crippen LogP contribution in [0.1, 0.15) is 10.9 Å². The van der Waals surface area contributed by atoms with Crippen LogP contribution in [0.5, 0.6) is 0 Å². The summed E-state index contributed by atoms with van der Waals surface area (Å²) in [6, 6.07) is 12.4. The third kappa shape index (κ3) is 5.43. The van der Waals surface area contributed by atoms with Crippen molar-refractivity contribution in [2.45, 2.75) is 10.9 Å². The normalized spacial score (nSPS) is 12.4. The molecule has 2 aromatic rings. The smallest absolute Gasteiger partial charge is 0.230 e. The molecule has 1 aromatic heterocycles. The number of nitrogens with zero attached hydrogens (tertiary/aromatic N) is 1. The van der Waals surface area contributed by atoms with Gasteiger partial charge in [-0.05, 0) is 49.8 Å². The standard InChI is InChI=1S/C16H19BrN2OS2/c1-19(2)14(15-4-3-9-21-15)10-18-16(20)11-22-13-7-5-12(17)6-8-13/h3-9,14H,10-11H2,1-2H3,(H,18,20). The van der Waals surface area contributed by atoms with Gasteiger partial charge in [-0.3, -0.25) is 4.79 Å². The number of hydrogen-bond donors (Lipinski definition) is 1. The molecule has 0 saturated heterocycles. The number of halogens is 1. The zero-order valence-electron chi connectivity index (χ0n) is 12.6. The van der Waals surface area contributed by atoms with Crippen LogP contribution >= 0.6 is 39.0 Å². The van der Waals surface area contributed by atoms with Crippen LogP contribution in [-0.2, 0) is 4.79 Å². The second-order valence-electron chi connectivity index (χ2n) is 5.04. The fraction of sp³-hybridized carbons (Fsp3) is 0.312. The Labute approximate surface area is 148 Å². The minimum atomic E-state index is 0.0660. The average Bonchev–Trinajstić information content (AvgIpc) is 3.00. The molecule has 22 heavy (non-hydrogen) atoms. The first-order valence-electron chi connectivity index (χ1n) is 6.91. The third-order valence-electron chi connectivity index (χ3n) is 3.17. The lowest BCUT2D eigenvalue weighted by Crippen LogP contribution is -2.35. The molecular weight excluding hydrogens is 380 g/mol. The van der Waals surface area contributed by atoms with E-state index in [1.54, 1.807) is 23.1 Å². The SMILES string of the molecule is CN(C)C(CNC(=O)CSc1ccc(Br)cc1)c1cccs1. The predicted octanol–water partition coefficient (Wildman–Crippen LogP) is 4.02. The molecule has 1 N–H and O–H groups in total. The van der Waals surface area contributed by atoms with Crippen LogP contribution in [0, 0.1) is 0 Å². The third-order valence-corrected chi connectivity index (χ3v) is 5.69. The monoisotopic (exact) mass is 398 g/mol. The Bertz CT molecular complexity index is 585. The number of hydrogen-bond acceptors (Lipinski definition) is 4. The van der Waals surface area contributed by atoms with Crippen molar-refractivity contribution in [2.75, 3.05) is 26.4 Å². The summed E-state index contributed by atoms with van der Waals surface area (Å²) in [5.74, 6) is 0.503. The van der Waals surface area contributed by atoms with Crippen LogP contribution in [0.25, 0.3) is 0 Å². The lowest BCUT2D eigenvalue weighted by molar-refractivity contribution is -0.118. The highest BCUT2D eigenvalue weighted by atomic mass is 79.9. The van der Waals surface area contributed by atoms with E-state index in [9.17, 15) is 4.79 Å². The zero-order chi connectivity index (χ0) is 15.9. The van der Waals surface area contributed by atoms with Gasteiger partial charge in [0.25, 0.3) is 0 Å². The van der Waals surface area contributed by atoms with Crippen LogP contribution in [-0.4, -0.2) is 37.2 Å². The Kier molecular flexibility index (Phi) is 6.95. The molecule has 1 unspecified atom stereocenters. The second-order valence-corrected chi connectivity index (χ2v) is 7.99. The summed E-state index contributed by atoms with van der Waals surface area (Å²) in [6.07, 6.45) is 0. The van der Waals surface area contributed by atoms with Gasteiger partial charge >= 0.3 is 0 Å². The minimum absolute atomic E-state index is 0.0660. The Morgan fingerprint density at radius 1 is 1.32 bits per heavy atom. The van der Waals surface area contributed by atoms with Gasteiger partial charge in [-0.15, -0.1) is 23.1 Å². The van der Waals surface area contributed by atoms with Crippen molar-refractivity contribution in [3.8, 4) is 0 Å². The van der Waals surface area contributed by atoms with Crippen LogP contribution in [0.15, 0.2) is 51.1 Å². The van der Waals surface area contributed by atoms with Crippen molar-refractivity contribution in [1.82, 2.24) is 10.2 Å². The Morgan fingerprint density at radius 2 is 2.05 bits per heavy atom. The van der Waals surface area contributed by atoms with E-state index >= 15 is 0 Å². The fourth-order valence-electron chi connectivity index (χ4n) is 1.96. The van der Waals surface area contributed by atoms with Crippen LogP contribution in [0.3, 0.4) is 0 Å². The van der Waals surface area contributed by atoms with Crippen molar-refractivity contribution < 1.29 is 4.79 Å². The molecule has 0 aliphatic rings. The fourth-order valence-corrected chi connectivity index (χ4v) is 3.88. The van der Waals surface area contributed by atoms with E-state index in [1.165, 1.54) is 4.88 Å². The number of likely N-dealkylation sites (N-methyl/N-ethyl adjacent to an activating group) is 1. The highest BCUT2D eigenvalue weighted by Gasteiger charge is 2.16. The van der Waals surface area contributed by atoms with Gasteiger partial charge in [-0.1, -0.05) is 22.0 Å². The van der Waals surface area contributed by atoms with Gasteiger partial charge in [0.05, 0.1) is 11.8 Å². The number of carbonyl (C=O) groups is 1. The van der Waals surface area contributed by atoms with Crippen molar-refractivity contribution in [3.63, 3.8) is 0 Å². The molecule has 3 nitrogen and oxygen atoms in total. The summed E-state index contributed by atoms with van der Waals surface area (Å²) in [7, 11) is 4.07. The minimum Gasteiger partial charge on any atom is -0.353 e. The molecule has 1 aromatic carbocycles. The summed E-state index contributed by atoms with van der Waals surface area (Å²) in [5.41, 5.74) is 0. The largest absolute Gasteiger partial charge is 0.353 e. The topological polar surface area (TPSA) is 32.3 Å². The van der Waals surface area contributed by atoms with Crippen molar-refractivity contribution in [2.24, 2.45) is 0 Å². The Balaban J connectivity index is 1.80. The van der Waals surface area contributed by atoms with E-state index in [2.05, 4.69) is 37.6 Å². The molecular formula is C16H19BrN2OS2. The number of benzene rings is 1. The molecule has 0 radical (unpaired) electrons. The summed E-state index contributed by atoms with van der Waals surface area (Å²) < 4.78 is 1.05. The van der Waals surface area contributed by atoms with Gasteiger partial charge in [0.2, 0.25) is 5.91 Å². The maximum Gasteiger partial charge on any atom is 0.230 e. The lowest BCUT2D eigenvalue weighted by Gasteiger charge is -2.23. The zero-order valence-corrected chi connectivity index (χ0v) is 15.8. The van der Waals surface area contributed by atoms with Crippen molar-refractivity contribution in [3.05, 3.63) is 51.1 Å². The molecule has 0 spiro atoms. The average molecular weight is 399 g/mol. The molecule has 1 heterocycles. The number of thioether (sulfide) groups is 1. The quantitative estimate of drug-likeness (QED) is 0.714. The number of thiophene rings is 1. The number of carbonyl (C=O) groups excluding carboxylic acids is 1. The lowest BCUT2D eigenvalue weighted by atomic mass is 10.2. The summed E-state index contributed by atoms with van der Waals surface area (Å²) in [6.45, 7) is 0.632. The summed E-state index contributed by atoms with van der Waals surface area (Å²) >= 11 is 6.68. The highest BCUT2D eigenvalue weighted by Crippen LogP contribution is 2.23. The van der Waals surface area contributed by atoms with Crippen LogP contribution < -0.4 is 5.32 Å². The van der Waals surface area contributed by atoms with E-state index < -0.39 is 0 Å². The molecule has 0 aliphatic heterocycles. The number of nitrogens with one attached hydrogen (secondary N) is 1. The van der Waals surface area contributed by atoms with Gasteiger partial charge in [0.1, 0.15) is 0 Å². The Hall–Kier alpha value is -0.820.